The second kappa shape index (κ2) is 8.15. The lowest BCUT2D eigenvalue weighted by Gasteiger charge is -2.34. The largest absolute Gasteiger partial charge is 0.444 e. The molecule has 2 aliphatic heterocycles. The van der Waals surface area contributed by atoms with Gasteiger partial charge in [0.2, 0.25) is 0 Å². The van der Waals surface area contributed by atoms with Gasteiger partial charge in [0.05, 0.1) is 11.7 Å². The van der Waals surface area contributed by atoms with E-state index in [2.05, 4.69) is 11.2 Å². The molecule has 6 nitrogen and oxygen atoms in total. The smallest absolute Gasteiger partial charge is 0.410 e. The molecule has 1 aromatic carbocycles. The average Bonchev–Trinajstić information content (AvgIpc) is 3.10. The maximum atomic E-state index is 12.4. The Kier molecular flexibility index (Phi) is 5.76. The van der Waals surface area contributed by atoms with Crippen molar-refractivity contribution in [2.45, 2.75) is 70.6 Å². The zero-order valence-corrected chi connectivity index (χ0v) is 18.2. The van der Waals surface area contributed by atoms with Crippen LogP contribution in [-0.2, 0) is 9.47 Å². The van der Waals surface area contributed by atoms with Gasteiger partial charge in [0.25, 0.3) is 0 Å². The van der Waals surface area contributed by atoms with Crippen molar-refractivity contribution in [2.75, 3.05) is 19.7 Å². The molecule has 29 heavy (non-hydrogen) atoms. The van der Waals surface area contributed by atoms with Crippen LogP contribution in [0.5, 0.6) is 0 Å². The van der Waals surface area contributed by atoms with E-state index in [1.807, 2.05) is 42.6 Å². The Morgan fingerprint density at radius 2 is 1.97 bits per heavy atom. The first-order valence-corrected chi connectivity index (χ1v) is 11.0. The third-order valence-corrected chi connectivity index (χ3v) is 5.95. The summed E-state index contributed by atoms with van der Waals surface area (Å²) in [5.74, 6) is 0.347. The number of aromatic nitrogens is 2. The Labute approximate surface area is 177 Å². The van der Waals surface area contributed by atoms with Gasteiger partial charge in [0, 0.05) is 30.1 Å². The minimum absolute atomic E-state index is 0.0124. The molecule has 2 aromatic rings. The average molecular weight is 420 g/mol. The predicted molar refractivity (Wildman–Crippen MR) is 113 cm³/mol. The van der Waals surface area contributed by atoms with Crippen molar-refractivity contribution in [1.82, 2.24) is 14.7 Å². The molecule has 0 radical (unpaired) electrons. The van der Waals surface area contributed by atoms with Gasteiger partial charge in [-0.2, -0.15) is 5.10 Å². The van der Waals surface area contributed by atoms with E-state index >= 15 is 0 Å². The number of carbonyl (C=O) groups is 1. The molecule has 158 valence electrons. The van der Waals surface area contributed by atoms with Crippen LogP contribution in [0.4, 0.5) is 4.79 Å². The van der Waals surface area contributed by atoms with E-state index < -0.39 is 5.60 Å². The number of carbonyl (C=O) groups excluding carboxylic acids is 1. The first kappa shape index (κ1) is 20.5. The van der Waals surface area contributed by atoms with Crippen LogP contribution in [0.3, 0.4) is 0 Å². The Hall–Kier alpha value is -1.79. The highest BCUT2D eigenvalue weighted by Crippen LogP contribution is 2.37. The summed E-state index contributed by atoms with van der Waals surface area (Å²) in [6.07, 6.45) is 6.72. The maximum absolute atomic E-state index is 12.4. The molecule has 4 rings (SSSR count). The van der Waals surface area contributed by atoms with Crippen LogP contribution in [-0.4, -0.2) is 46.1 Å². The molecule has 2 saturated heterocycles. The van der Waals surface area contributed by atoms with Crippen molar-refractivity contribution < 1.29 is 14.3 Å². The molecule has 3 heterocycles. The zero-order valence-electron chi connectivity index (χ0n) is 17.5. The van der Waals surface area contributed by atoms with Crippen LogP contribution in [0, 0.1) is 0 Å². The highest BCUT2D eigenvalue weighted by Gasteiger charge is 2.29. The van der Waals surface area contributed by atoms with Crippen molar-refractivity contribution in [3.8, 4) is 0 Å². The van der Waals surface area contributed by atoms with Gasteiger partial charge >= 0.3 is 6.09 Å². The van der Waals surface area contributed by atoms with Crippen molar-refractivity contribution in [3.05, 3.63) is 28.9 Å². The SMILES string of the molecule is CC(C)(C)OC(=O)N1CCC(c2cc(Cl)cc3c2cnn3C2CCCCO2)CC1. The van der Waals surface area contributed by atoms with Crippen molar-refractivity contribution in [2.24, 2.45) is 0 Å². The summed E-state index contributed by atoms with van der Waals surface area (Å²) < 4.78 is 13.4. The Morgan fingerprint density at radius 3 is 2.62 bits per heavy atom. The monoisotopic (exact) mass is 419 g/mol. The molecule has 7 heteroatoms. The lowest BCUT2D eigenvalue weighted by Crippen LogP contribution is -2.41. The summed E-state index contributed by atoms with van der Waals surface area (Å²) in [6, 6.07) is 4.05. The van der Waals surface area contributed by atoms with Crippen LogP contribution in [0.25, 0.3) is 10.9 Å². The molecular weight excluding hydrogens is 390 g/mol. The number of nitrogens with zero attached hydrogens (tertiary/aromatic N) is 3. The molecule has 0 spiro atoms. The number of halogens is 1. The van der Waals surface area contributed by atoms with E-state index in [1.165, 1.54) is 5.56 Å². The minimum atomic E-state index is -0.469. The number of piperidine rings is 1. The summed E-state index contributed by atoms with van der Waals surface area (Å²) in [6.45, 7) is 7.85. The molecule has 0 saturated carbocycles. The number of ether oxygens (including phenoxy) is 2. The van der Waals surface area contributed by atoms with Gasteiger partial charge in [-0.15, -0.1) is 0 Å². The van der Waals surface area contributed by atoms with Crippen LogP contribution in [0.1, 0.15) is 70.6 Å². The quantitative estimate of drug-likeness (QED) is 0.644. The standard InChI is InChI=1S/C22H30ClN3O3/c1-22(2,3)29-21(27)25-9-7-15(8-10-25)17-12-16(23)13-19-18(17)14-24-26(19)20-6-4-5-11-28-20/h12-15,20H,4-11H2,1-3H3. The predicted octanol–water partition coefficient (Wildman–Crippen LogP) is 5.50. The highest BCUT2D eigenvalue weighted by atomic mass is 35.5. The molecule has 2 aliphatic rings. The number of amides is 1. The zero-order chi connectivity index (χ0) is 20.6. The first-order chi connectivity index (χ1) is 13.8. The Bertz CT molecular complexity index is 875. The number of hydrogen-bond donors (Lipinski definition) is 0. The van der Waals surface area contributed by atoms with Gasteiger partial charge in [-0.05, 0) is 76.5 Å². The lowest BCUT2D eigenvalue weighted by atomic mass is 9.87. The summed E-state index contributed by atoms with van der Waals surface area (Å²) in [5.41, 5.74) is 1.79. The Morgan fingerprint density at radius 1 is 1.21 bits per heavy atom. The highest BCUT2D eigenvalue weighted by molar-refractivity contribution is 6.31. The Balaban J connectivity index is 1.53. The van der Waals surface area contributed by atoms with Crippen molar-refractivity contribution in [1.29, 1.82) is 0 Å². The molecule has 1 aromatic heterocycles. The minimum Gasteiger partial charge on any atom is -0.444 e. The molecule has 0 bridgehead atoms. The molecule has 1 amide bonds. The van der Waals surface area contributed by atoms with E-state index in [-0.39, 0.29) is 12.3 Å². The second-order valence-corrected chi connectivity index (χ2v) is 9.52. The number of likely N-dealkylation sites (tertiary alicyclic amines) is 1. The molecular formula is C22H30ClN3O3. The summed E-state index contributed by atoms with van der Waals surface area (Å²) in [4.78, 5) is 14.2. The molecule has 2 fully saturated rings. The van der Waals surface area contributed by atoms with Gasteiger partial charge in [-0.25, -0.2) is 9.48 Å². The number of hydrogen-bond acceptors (Lipinski definition) is 4. The van der Waals surface area contributed by atoms with E-state index in [0.717, 1.165) is 54.6 Å². The van der Waals surface area contributed by atoms with E-state index in [1.54, 1.807) is 0 Å². The van der Waals surface area contributed by atoms with Gasteiger partial charge in [0.1, 0.15) is 5.60 Å². The van der Waals surface area contributed by atoms with Crippen molar-refractivity contribution in [3.63, 3.8) is 0 Å². The fourth-order valence-corrected chi connectivity index (χ4v) is 4.54. The first-order valence-electron chi connectivity index (χ1n) is 10.6. The maximum Gasteiger partial charge on any atom is 0.410 e. The van der Waals surface area contributed by atoms with Crippen molar-refractivity contribution >= 4 is 28.6 Å². The number of rotatable bonds is 2. The van der Waals surface area contributed by atoms with E-state index in [9.17, 15) is 4.79 Å². The van der Waals surface area contributed by atoms with Crippen LogP contribution in [0.2, 0.25) is 5.02 Å². The second-order valence-electron chi connectivity index (χ2n) is 9.08. The normalized spacial score (nSPS) is 21.5. The molecule has 0 aliphatic carbocycles. The third kappa shape index (κ3) is 4.53. The fourth-order valence-electron chi connectivity index (χ4n) is 4.32. The molecule has 1 unspecified atom stereocenters. The summed E-state index contributed by atoms with van der Waals surface area (Å²) in [5, 5.41) is 6.51. The summed E-state index contributed by atoms with van der Waals surface area (Å²) in [7, 11) is 0. The van der Waals surface area contributed by atoms with Gasteiger partial charge in [-0.3, -0.25) is 0 Å². The van der Waals surface area contributed by atoms with Gasteiger partial charge in [0.15, 0.2) is 6.23 Å². The fraction of sp³-hybridized carbons (Fsp3) is 0.636. The van der Waals surface area contributed by atoms with Crippen LogP contribution >= 0.6 is 11.6 Å². The summed E-state index contributed by atoms with van der Waals surface area (Å²) >= 11 is 6.50. The van der Waals surface area contributed by atoms with Crippen LogP contribution in [0.15, 0.2) is 18.3 Å². The molecule has 0 N–H and O–H groups in total. The number of benzene rings is 1. The third-order valence-electron chi connectivity index (χ3n) is 5.73. The topological polar surface area (TPSA) is 56.6 Å². The van der Waals surface area contributed by atoms with Gasteiger partial charge < -0.3 is 14.4 Å². The van der Waals surface area contributed by atoms with E-state index in [0.29, 0.717) is 19.0 Å². The lowest BCUT2D eigenvalue weighted by molar-refractivity contribution is -0.0366. The number of fused-ring (bicyclic) bond motifs is 1. The van der Waals surface area contributed by atoms with Gasteiger partial charge in [-0.1, -0.05) is 11.6 Å². The van der Waals surface area contributed by atoms with E-state index in [4.69, 9.17) is 21.1 Å². The van der Waals surface area contributed by atoms with Crippen LogP contribution < -0.4 is 0 Å². The molecule has 1 atom stereocenters.